The lowest BCUT2D eigenvalue weighted by molar-refractivity contribution is 0.386. The quantitative estimate of drug-likeness (QED) is 0.393. The van der Waals surface area contributed by atoms with Crippen LogP contribution in [0.15, 0.2) is 48.7 Å². The van der Waals surface area contributed by atoms with Gasteiger partial charge in [-0.2, -0.15) is 0 Å². The fourth-order valence-electron chi connectivity index (χ4n) is 2.52. The Hall–Kier alpha value is -2.54. The number of nitrogens with zero attached hydrogens (tertiary/aromatic N) is 3. The molecule has 0 spiro atoms. The minimum absolute atomic E-state index is 0.102. The topological polar surface area (TPSA) is 90.3 Å². The molecule has 0 radical (unpaired) electrons. The third-order valence-corrected chi connectivity index (χ3v) is 4.14. The summed E-state index contributed by atoms with van der Waals surface area (Å²) in [5, 5.41) is 2.84. The van der Waals surface area contributed by atoms with Crippen LogP contribution in [0.3, 0.4) is 0 Å². The maximum Gasteiger partial charge on any atom is 0.223 e. The molecular formula is C18H17Cl2N5O. The molecule has 0 aliphatic heterocycles. The Morgan fingerprint density at radius 3 is 2.58 bits per heavy atom. The van der Waals surface area contributed by atoms with Gasteiger partial charge in [0.05, 0.1) is 24.9 Å². The summed E-state index contributed by atoms with van der Waals surface area (Å²) in [7, 11) is 1.62. The van der Waals surface area contributed by atoms with Crippen molar-refractivity contribution in [2.24, 2.45) is 11.6 Å². The molecule has 0 saturated heterocycles. The number of benzene rings is 2. The van der Waals surface area contributed by atoms with Gasteiger partial charge in [0.2, 0.25) is 5.28 Å². The summed E-state index contributed by atoms with van der Waals surface area (Å²) < 4.78 is 5.14. The minimum Gasteiger partial charge on any atom is -0.497 e. The number of ether oxygens (including phenoxy) is 1. The monoisotopic (exact) mass is 389 g/mol. The van der Waals surface area contributed by atoms with Crippen molar-refractivity contribution in [3.63, 3.8) is 0 Å². The lowest BCUT2D eigenvalue weighted by atomic mass is 10.1. The van der Waals surface area contributed by atoms with Gasteiger partial charge in [-0.25, -0.2) is 15.8 Å². The van der Waals surface area contributed by atoms with Crippen LogP contribution in [0.4, 0.5) is 0 Å². The van der Waals surface area contributed by atoms with Gasteiger partial charge in [0.25, 0.3) is 0 Å². The fraction of sp³-hybridized carbons (Fsp3) is 0.111. The molecule has 0 aliphatic rings. The molecule has 134 valence electrons. The van der Waals surface area contributed by atoms with Crippen molar-refractivity contribution in [3.8, 4) is 5.75 Å². The summed E-state index contributed by atoms with van der Waals surface area (Å²) >= 11 is 12.1. The smallest absolute Gasteiger partial charge is 0.223 e. The molecule has 1 heterocycles. The lowest BCUT2D eigenvalue weighted by Gasteiger charge is -2.16. The Labute approximate surface area is 161 Å². The number of hydrogen-bond acceptors (Lipinski definition) is 6. The van der Waals surface area contributed by atoms with Crippen LogP contribution < -0.4 is 16.3 Å². The molecule has 0 fully saturated rings. The molecule has 26 heavy (non-hydrogen) atoms. The zero-order chi connectivity index (χ0) is 18.7. The van der Waals surface area contributed by atoms with Crippen molar-refractivity contribution in [3.05, 3.63) is 70.2 Å². The van der Waals surface area contributed by atoms with E-state index in [-0.39, 0.29) is 5.28 Å². The van der Waals surface area contributed by atoms with E-state index < -0.39 is 0 Å². The summed E-state index contributed by atoms with van der Waals surface area (Å²) in [6, 6.07) is 12.8. The molecule has 0 unspecified atom stereocenters. The molecule has 0 bridgehead atoms. The third kappa shape index (κ3) is 4.16. The second kappa shape index (κ2) is 7.78. The zero-order valence-corrected chi connectivity index (χ0v) is 15.5. The van der Waals surface area contributed by atoms with Crippen LogP contribution in [0.5, 0.6) is 5.75 Å². The van der Waals surface area contributed by atoms with E-state index in [1.165, 1.54) is 5.01 Å². The average molecular weight is 390 g/mol. The SMILES string of the molecule is COc1ccc(CN(N)/C=C(\N)c2nc(Cl)nc3ccc(Cl)cc23)cc1. The first-order chi connectivity index (χ1) is 12.5. The third-order valence-electron chi connectivity index (χ3n) is 3.73. The summed E-state index contributed by atoms with van der Waals surface area (Å²) in [4.78, 5) is 8.41. The molecular weight excluding hydrogens is 373 g/mol. The Balaban J connectivity index is 1.88. The van der Waals surface area contributed by atoms with E-state index in [4.69, 9.17) is 39.5 Å². The van der Waals surface area contributed by atoms with Gasteiger partial charge in [-0.05, 0) is 47.5 Å². The van der Waals surface area contributed by atoms with Crippen LogP contribution in [0.1, 0.15) is 11.3 Å². The highest BCUT2D eigenvalue weighted by Crippen LogP contribution is 2.25. The lowest BCUT2D eigenvalue weighted by Crippen LogP contribution is -2.25. The van der Waals surface area contributed by atoms with Crippen molar-refractivity contribution >= 4 is 39.8 Å². The highest BCUT2D eigenvalue weighted by Gasteiger charge is 2.11. The molecule has 8 heteroatoms. The van der Waals surface area contributed by atoms with Gasteiger partial charge in [0.15, 0.2) is 0 Å². The molecule has 0 saturated carbocycles. The number of hydrazine groups is 1. The zero-order valence-electron chi connectivity index (χ0n) is 14.0. The van der Waals surface area contributed by atoms with Gasteiger partial charge >= 0.3 is 0 Å². The number of nitrogens with two attached hydrogens (primary N) is 2. The molecule has 0 atom stereocenters. The van der Waals surface area contributed by atoms with Gasteiger partial charge in [0.1, 0.15) is 11.4 Å². The van der Waals surface area contributed by atoms with E-state index in [1.807, 2.05) is 24.3 Å². The molecule has 3 rings (SSSR count). The van der Waals surface area contributed by atoms with Gasteiger partial charge in [0, 0.05) is 16.6 Å². The van der Waals surface area contributed by atoms with Crippen LogP contribution in [-0.2, 0) is 6.54 Å². The van der Waals surface area contributed by atoms with Crippen LogP contribution in [0, 0.1) is 0 Å². The summed E-state index contributed by atoms with van der Waals surface area (Å²) in [5.41, 5.74) is 8.70. The molecule has 0 aliphatic carbocycles. The first-order valence-corrected chi connectivity index (χ1v) is 8.46. The van der Waals surface area contributed by atoms with Crippen LogP contribution in [0.2, 0.25) is 10.3 Å². The number of halogens is 2. The molecule has 3 aromatic rings. The van der Waals surface area contributed by atoms with E-state index in [2.05, 4.69) is 9.97 Å². The maximum atomic E-state index is 6.21. The first kappa shape index (κ1) is 18.3. The highest BCUT2D eigenvalue weighted by atomic mass is 35.5. The Bertz CT molecular complexity index is 960. The van der Waals surface area contributed by atoms with E-state index >= 15 is 0 Å². The van der Waals surface area contributed by atoms with Gasteiger partial charge in [-0.1, -0.05) is 23.7 Å². The molecule has 6 nitrogen and oxygen atoms in total. The second-order valence-corrected chi connectivity index (χ2v) is 6.38. The van der Waals surface area contributed by atoms with Crippen LogP contribution in [-0.4, -0.2) is 22.1 Å². The Kier molecular flexibility index (Phi) is 5.46. The van der Waals surface area contributed by atoms with Gasteiger partial charge in [-0.15, -0.1) is 0 Å². The Morgan fingerprint density at radius 2 is 1.88 bits per heavy atom. The van der Waals surface area contributed by atoms with E-state index in [9.17, 15) is 0 Å². The van der Waals surface area contributed by atoms with Crippen LogP contribution in [0.25, 0.3) is 16.6 Å². The number of rotatable bonds is 5. The molecule has 4 N–H and O–H groups in total. The standard InChI is InChI=1S/C18H17Cl2N5O/c1-26-13-5-2-11(3-6-13)9-25(22)10-15(21)17-14-8-12(19)4-7-16(14)23-18(20)24-17/h2-8,10H,9,21-22H2,1H3/b15-10-. The first-order valence-electron chi connectivity index (χ1n) is 7.71. The second-order valence-electron chi connectivity index (χ2n) is 5.61. The van der Waals surface area contributed by atoms with E-state index in [0.717, 1.165) is 11.3 Å². The number of aromatic nitrogens is 2. The predicted octanol–water partition coefficient (Wildman–Crippen LogP) is 3.58. The van der Waals surface area contributed by atoms with Gasteiger partial charge in [-0.3, -0.25) is 0 Å². The molecule has 1 aromatic heterocycles. The van der Waals surface area contributed by atoms with Gasteiger partial charge < -0.3 is 15.5 Å². The maximum absolute atomic E-state index is 6.21. The van der Waals surface area contributed by atoms with Crippen molar-refractivity contribution in [1.29, 1.82) is 0 Å². The average Bonchev–Trinajstić information content (AvgIpc) is 2.62. The Morgan fingerprint density at radius 1 is 1.15 bits per heavy atom. The van der Waals surface area contributed by atoms with Crippen molar-refractivity contribution in [1.82, 2.24) is 15.0 Å². The number of methoxy groups -OCH3 is 1. The number of hydrogen-bond donors (Lipinski definition) is 2. The van der Waals surface area contributed by atoms with E-state index in [1.54, 1.807) is 31.5 Å². The summed E-state index contributed by atoms with van der Waals surface area (Å²) in [6.45, 7) is 0.461. The summed E-state index contributed by atoms with van der Waals surface area (Å²) in [6.07, 6.45) is 1.60. The largest absolute Gasteiger partial charge is 0.497 e. The highest BCUT2D eigenvalue weighted by molar-refractivity contribution is 6.31. The van der Waals surface area contributed by atoms with Crippen molar-refractivity contribution in [2.45, 2.75) is 6.54 Å². The van der Waals surface area contributed by atoms with Crippen molar-refractivity contribution < 1.29 is 4.74 Å². The predicted molar refractivity (Wildman–Crippen MR) is 104 cm³/mol. The van der Waals surface area contributed by atoms with Crippen molar-refractivity contribution in [2.75, 3.05) is 7.11 Å². The fourth-order valence-corrected chi connectivity index (χ4v) is 2.87. The molecule has 0 amide bonds. The molecule has 2 aromatic carbocycles. The normalized spacial score (nSPS) is 11.6. The van der Waals surface area contributed by atoms with E-state index in [0.29, 0.717) is 33.9 Å². The number of fused-ring (bicyclic) bond motifs is 1. The minimum atomic E-state index is 0.102. The van der Waals surface area contributed by atoms with Crippen LogP contribution >= 0.6 is 23.2 Å². The summed E-state index contributed by atoms with van der Waals surface area (Å²) in [5.74, 6) is 6.85.